The van der Waals surface area contributed by atoms with Crippen LogP contribution in [0.1, 0.15) is 23.6 Å². The fourth-order valence-corrected chi connectivity index (χ4v) is 3.82. The molecule has 0 saturated heterocycles. The molecule has 0 spiro atoms. The van der Waals surface area contributed by atoms with Crippen LogP contribution in [-0.4, -0.2) is 20.1 Å². The van der Waals surface area contributed by atoms with Gasteiger partial charge in [-0.25, -0.2) is 8.42 Å². The maximum Gasteiger partial charge on any atom is 0.233 e. The molecule has 25 heavy (non-hydrogen) atoms. The molecule has 1 atom stereocenters. The number of rotatable bonds is 7. The van der Waals surface area contributed by atoms with Crippen molar-refractivity contribution >= 4 is 21.6 Å². The van der Waals surface area contributed by atoms with Crippen molar-refractivity contribution in [1.29, 1.82) is 0 Å². The highest BCUT2D eigenvalue weighted by Gasteiger charge is 2.21. The minimum absolute atomic E-state index is 0.263. The van der Waals surface area contributed by atoms with E-state index in [1.165, 1.54) is 0 Å². The van der Waals surface area contributed by atoms with Crippen molar-refractivity contribution in [3.05, 3.63) is 65.2 Å². The van der Waals surface area contributed by atoms with Crippen LogP contribution in [0.4, 0.5) is 5.69 Å². The molecular formula is C19H24N2O3S. The van der Waals surface area contributed by atoms with Gasteiger partial charge in [-0.2, -0.15) is 0 Å². The zero-order valence-corrected chi connectivity index (χ0v) is 15.6. The number of hydrogen-bond acceptors (Lipinski definition) is 3. The molecule has 0 bridgehead atoms. The van der Waals surface area contributed by atoms with Crippen LogP contribution in [0.25, 0.3) is 0 Å². The third-order valence-corrected chi connectivity index (χ3v) is 5.28. The first-order valence-electron chi connectivity index (χ1n) is 8.15. The summed E-state index contributed by atoms with van der Waals surface area (Å²) < 4.78 is 27.0. The summed E-state index contributed by atoms with van der Waals surface area (Å²) in [6.45, 7) is 5.91. The first-order valence-corrected chi connectivity index (χ1v) is 9.81. The number of nitrogens with one attached hydrogen (secondary N) is 2. The molecule has 2 rings (SSSR count). The van der Waals surface area contributed by atoms with Crippen molar-refractivity contribution in [2.24, 2.45) is 5.92 Å². The van der Waals surface area contributed by atoms with E-state index in [9.17, 15) is 13.2 Å². The van der Waals surface area contributed by atoms with Gasteiger partial charge < -0.3 is 5.32 Å². The maximum atomic E-state index is 12.2. The monoisotopic (exact) mass is 360 g/mol. The van der Waals surface area contributed by atoms with Crippen LogP contribution in [-0.2, 0) is 21.4 Å². The van der Waals surface area contributed by atoms with Crippen LogP contribution in [0.15, 0.2) is 48.5 Å². The van der Waals surface area contributed by atoms with E-state index in [2.05, 4.69) is 10.0 Å². The van der Waals surface area contributed by atoms with E-state index in [0.29, 0.717) is 12.2 Å². The Kier molecular flexibility index (Phi) is 6.20. The van der Waals surface area contributed by atoms with Gasteiger partial charge in [0, 0.05) is 12.2 Å². The molecule has 0 aliphatic rings. The second-order valence-electron chi connectivity index (χ2n) is 6.36. The molecule has 0 fully saturated rings. The summed E-state index contributed by atoms with van der Waals surface area (Å²) in [7, 11) is -3.59. The fraction of sp³-hybridized carbons (Fsp3) is 0.316. The van der Waals surface area contributed by atoms with E-state index < -0.39 is 15.9 Å². The molecule has 0 saturated carbocycles. The van der Waals surface area contributed by atoms with Crippen LogP contribution < -0.4 is 10.0 Å². The van der Waals surface area contributed by atoms with E-state index in [0.717, 1.165) is 16.7 Å². The summed E-state index contributed by atoms with van der Waals surface area (Å²) >= 11 is 0. The number of anilines is 1. The Morgan fingerprint density at radius 3 is 2.36 bits per heavy atom. The number of amides is 1. The van der Waals surface area contributed by atoms with Gasteiger partial charge in [0.2, 0.25) is 15.9 Å². The van der Waals surface area contributed by atoms with Crippen LogP contribution in [0.5, 0.6) is 0 Å². The molecule has 134 valence electrons. The van der Waals surface area contributed by atoms with E-state index in [4.69, 9.17) is 0 Å². The summed E-state index contributed by atoms with van der Waals surface area (Å²) in [5.41, 5.74) is 3.65. The zero-order valence-electron chi connectivity index (χ0n) is 14.7. The van der Waals surface area contributed by atoms with Gasteiger partial charge in [-0.3, -0.25) is 9.52 Å². The maximum absolute atomic E-state index is 12.2. The minimum Gasteiger partial charge on any atom is -0.352 e. The second kappa shape index (κ2) is 8.16. The highest BCUT2D eigenvalue weighted by atomic mass is 32.2. The standard InChI is InChI=1S/C19H24N2O3S/c1-14-7-9-18(10-8-14)21-25(23,24)13-16(3)19(22)20-12-17-6-4-5-15(2)11-17/h4-11,16,21H,12-13H2,1-3H3,(H,20,22). The van der Waals surface area contributed by atoms with Crippen LogP contribution >= 0.6 is 0 Å². The predicted octanol–water partition coefficient (Wildman–Crippen LogP) is 3.00. The number of carbonyl (C=O) groups is 1. The predicted molar refractivity (Wildman–Crippen MR) is 101 cm³/mol. The molecule has 5 nitrogen and oxygen atoms in total. The summed E-state index contributed by atoms with van der Waals surface area (Å²) in [4.78, 5) is 12.2. The fourth-order valence-electron chi connectivity index (χ4n) is 2.43. The summed E-state index contributed by atoms with van der Waals surface area (Å²) in [6, 6.07) is 14.9. The van der Waals surface area contributed by atoms with E-state index in [1.807, 2.05) is 50.2 Å². The summed E-state index contributed by atoms with van der Waals surface area (Å²) in [5, 5.41) is 2.79. The Hall–Kier alpha value is -2.34. The molecular weight excluding hydrogens is 336 g/mol. The van der Waals surface area contributed by atoms with Gasteiger partial charge in [-0.05, 0) is 31.5 Å². The van der Waals surface area contributed by atoms with Gasteiger partial charge in [0.05, 0.1) is 11.7 Å². The lowest BCUT2D eigenvalue weighted by Gasteiger charge is -2.14. The molecule has 2 aromatic carbocycles. The lowest BCUT2D eigenvalue weighted by atomic mass is 10.1. The van der Waals surface area contributed by atoms with E-state index in [-0.39, 0.29) is 11.7 Å². The molecule has 1 amide bonds. The lowest BCUT2D eigenvalue weighted by Crippen LogP contribution is -2.34. The molecule has 0 radical (unpaired) electrons. The number of hydrogen-bond donors (Lipinski definition) is 2. The van der Waals surface area contributed by atoms with Crippen molar-refractivity contribution in [3.8, 4) is 0 Å². The second-order valence-corrected chi connectivity index (χ2v) is 8.12. The van der Waals surface area contributed by atoms with Crippen LogP contribution in [0.2, 0.25) is 0 Å². The Balaban J connectivity index is 1.89. The Morgan fingerprint density at radius 2 is 1.72 bits per heavy atom. The van der Waals surface area contributed by atoms with Gasteiger partial charge in [0.25, 0.3) is 0 Å². The molecule has 2 N–H and O–H groups in total. The summed E-state index contributed by atoms with van der Waals surface area (Å²) in [5.74, 6) is -1.19. The molecule has 0 aliphatic heterocycles. The minimum atomic E-state index is -3.59. The normalized spacial score (nSPS) is 12.4. The average Bonchev–Trinajstić information content (AvgIpc) is 2.54. The molecule has 0 aromatic heterocycles. The Morgan fingerprint density at radius 1 is 1.04 bits per heavy atom. The number of sulfonamides is 1. The number of carbonyl (C=O) groups excluding carboxylic acids is 1. The number of aryl methyl sites for hydroxylation is 2. The van der Waals surface area contributed by atoms with E-state index in [1.54, 1.807) is 19.1 Å². The molecule has 0 heterocycles. The van der Waals surface area contributed by atoms with Crippen LogP contribution in [0.3, 0.4) is 0 Å². The van der Waals surface area contributed by atoms with Crippen molar-refractivity contribution in [3.63, 3.8) is 0 Å². The van der Waals surface area contributed by atoms with E-state index >= 15 is 0 Å². The largest absolute Gasteiger partial charge is 0.352 e. The van der Waals surface area contributed by atoms with Crippen LogP contribution in [0, 0.1) is 19.8 Å². The molecule has 6 heteroatoms. The van der Waals surface area contributed by atoms with Crippen molar-refractivity contribution in [2.45, 2.75) is 27.3 Å². The SMILES string of the molecule is Cc1ccc(NS(=O)(=O)CC(C)C(=O)NCc2cccc(C)c2)cc1. The number of benzene rings is 2. The third-order valence-electron chi connectivity index (χ3n) is 3.79. The third kappa shape index (κ3) is 6.23. The molecule has 0 aliphatic carbocycles. The van der Waals surface area contributed by atoms with Crippen molar-refractivity contribution in [1.82, 2.24) is 5.32 Å². The molecule has 2 aromatic rings. The quantitative estimate of drug-likeness (QED) is 0.797. The summed E-state index contributed by atoms with van der Waals surface area (Å²) in [6.07, 6.45) is 0. The zero-order chi connectivity index (χ0) is 18.4. The average molecular weight is 360 g/mol. The van der Waals surface area contributed by atoms with Gasteiger partial charge in [-0.1, -0.05) is 54.4 Å². The first kappa shape index (κ1) is 19.0. The van der Waals surface area contributed by atoms with Gasteiger partial charge in [-0.15, -0.1) is 0 Å². The van der Waals surface area contributed by atoms with Gasteiger partial charge >= 0.3 is 0 Å². The smallest absolute Gasteiger partial charge is 0.233 e. The van der Waals surface area contributed by atoms with Crippen molar-refractivity contribution in [2.75, 3.05) is 10.5 Å². The topological polar surface area (TPSA) is 75.3 Å². The van der Waals surface area contributed by atoms with Gasteiger partial charge in [0.1, 0.15) is 0 Å². The Bertz CT molecular complexity index is 830. The highest BCUT2D eigenvalue weighted by Crippen LogP contribution is 2.12. The van der Waals surface area contributed by atoms with Crippen molar-refractivity contribution < 1.29 is 13.2 Å². The highest BCUT2D eigenvalue weighted by molar-refractivity contribution is 7.92. The lowest BCUT2D eigenvalue weighted by molar-refractivity contribution is -0.124. The van der Waals surface area contributed by atoms with Gasteiger partial charge in [0.15, 0.2) is 0 Å². The molecule has 1 unspecified atom stereocenters. The Labute approximate surface area is 149 Å². The first-order chi connectivity index (χ1) is 11.7.